The average molecular weight is 1130 g/mol. The van der Waals surface area contributed by atoms with Crippen molar-refractivity contribution in [3.8, 4) is 28.7 Å². The van der Waals surface area contributed by atoms with Crippen LogP contribution in [0.25, 0.3) is 6.08 Å². The third kappa shape index (κ3) is 21.2. The Hall–Kier alpha value is -6.31. The highest BCUT2D eigenvalue weighted by atomic mass is 16.8. The van der Waals surface area contributed by atoms with Gasteiger partial charge in [-0.2, -0.15) is 0 Å². The summed E-state index contributed by atoms with van der Waals surface area (Å²) >= 11 is 0. The van der Waals surface area contributed by atoms with E-state index in [1.807, 2.05) is 32.9 Å². The lowest BCUT2D eigenvalue weighted by molar-refractivity contribution is -0.149. The highest BCUT2D eigenvalue weighted by Crippen LogP contribution is 2.39. The summed E-state index contributed by atoms with van der Waals surface area (Å²) < 4.78 is 39.1. The highest BCUT2D eigenvalue weighted by Gasteiger charge is 2.43. The number of benzene rings is 3. The van der Waals surface area contributed by atoms with E-state index in [-0.39, 0.29) is 77.0 Å². The van der Waals surface area contributed by atoms with Gasteiger partial charge in [-0.25, -0.2) is 9.59 Å². The first-order chi connectivity index (χ1) is 38.1. The molecule has 17 heteroatoms. The lowest BCUT2D eigenvalue weighted by Crippen LogP contribution is -2.36. The third-order valence-corrected chi connectivity index (χ3v) is 14.1. The minimum absolute atomic E-state index is 0.00790. The van der Waals surface area contributed by atoms with Crippen molar-refractivity contribution in [3.63, 3.8) is 0 Å². The molecule has 0 saturated carbocycles. The molecule has 1 saturated heterocycles. The summed E-state index contributed by atoms with van der Waals surface area (Å²) in [5.41, 5.74) is 3.68. The maximum Gasteiger partial charge on any atom is 0.342 e. The quantitative estimate of drug-likeness (QED) is 0.0315. The summed E-state index contributed by atoms with van der Waals surface area (Å²) in [5.74, 6) is 0.277. The van der Waals surface area contributed by atoms with Crippen molar-refractivity contribution < 1.29 is 83.3 Å². The molecular weight excluding hydrogens is 1040 g/mol. The normalized spacial score (nSPS) is 23.0. The van der Waals surface area contributed by atoms with E-state index in [9.17, 15) is 45.0 Å². The monoisotopic (exact) mass is 1130 g/mol. The summed E-state index contributed by atoms with van der Waals surface area (Å²) in [6, 6.07) is 9.63. The van der Waals surface area contributed by atoms with Crippen molar-refractivity contribution >= 4 is 23.8 Å². The van der Waals surface area contributed by atoms with E-state index in [1.165, 1.54) is 43.5 Å². The average Bonchev–Trinajstić information content (AvgIpc) is 3.73. The molecule has 2 aliphatic rings. The Bertz CT molecular complexity index is 2610. The van der Waals surface area contributed by atoms with Crippen molar-refractivity contribution in [1.29, 1.82) is 0 Å². The van der Waals surface area contributed by atoms with Gasteiger partial charge in [-0.1, -0.05) is 103 Å². The number of esters is 2. The first-order valence-electron chi connectivity index (χ1n) is 27.6. The number of cyclic esters (lactones) is 1. The van der Waals surface area contributed by atoms with Crippen LogP contribution in [0, 0.1) is 37.5 Å². The molecule has 0 aromatic heterocycles. The number of ketones is 1. The van der Waals surface area contributed by atoms with Crippen molar-refractivity contribution in [3.05, 3.63) is 131 Å². The van der Waals surface area contributed by atoms with E-state index in [1.54, 1.807) is 52.0 Å². The van der Waals surface area contributed by atoms with Crippen LogP contribution >= 0.6 is 0 Å². The molecular formula is C64H90O17. The minimum Gasteiger partial charge on any atom is -0.507 e. The first-order valence-corrected chi connectivity index (χ1v) is 27.6. The van der Waals surface area contributed by atoms with Crippen LogP contribution in [0.1, 0.15) is 148 Å². The Morgan fingerprint density at radius 1 is 0.827 bits per heavy atom. The number of fused-ring (bicyclic) bond motifs is 1. The van der Waals surface area contributed by atoms with E-state index in [0.29, 0.717) is 36.4 Å². The largest absolute Gasteiger partial charge is 0.507 e. The molecule has 0 radical (unpaired) electrons. The van der Waals surface area contributed by atoms with Gasteiger partial charge < -0.3 is 68.9 Å². The molecule has 3 aromatic carbocycles. The number of aromatic hydroxyl groups is 2. The number of aryl methyl sites for hydroxylation is 2. The number of methoxy groups -OCH3 is 1. The van der Waals surface area contributed by atoms with Gasteiger partial charge in [0.1, 0.15) is 84.1 Å². The predicted octanol–water partition coefficient (Wildman–Crippen LogP) is 10.1. The Labute approximate surface area is 479 Å². The van der Waals surface area contributed by atoms with Gasteiger partial charge in [-0.15, -0.1) is 0 Å². The van der Waals surface area contributed by atoms with Gasteiger partial charge in [0.2, 0.25) is 0 Å². The second-order valence-electron chi connectivity index (χ2n) is 21.6. The van der Waals surface area contributed by atoms with Gasteiger partial charge in [0, 0.05) is 29.5 Å². The number of phenols is 2. The molecule has 11 atom stereocenters. The first kappa shape index (κ1) is 69.0. The topological polar surface area (TPSA) is 257 Å². The van der Waals surface area contributed by atoms with Gasteiger partial charge in [0.15, 0.2) is 11.6 Å². The molecule has 0 bridgehead atoms. The molecule has 3 unspecified atom stereocenters. The summed E-state index contributed by atoms with van der Waals surface area (Å²) in [6.45, 7) is 31.2. The molecule has 2 heterocycles. The maximum atomic E-state index is 12.8. The fraction of sp³-hybridized carbons (Fsp3) is 0.516. The molecule has 7 N–H and O–H groups in total. The molecule has 81 heavy (non-hydrogen) atoms. The van der Waals surface area contributed by atoms with Gasteiger partial charge in [-0.3, -0.25) is 4.79 Å². The zero-order valence-electron chi connectivity index (χ0n) is 49.6. The number of aliphatic hydroxyl groups excluding tert-OH is 5. The van der Waals surface area contributed by atoms with Crippen LogP contribution in [0.4, 0.5) is 0 Å². The number of aliphatic hydroxyl groups is 5. The molecule has 3 aromatic rings. The number of allylic oxidation sites excluding steroid dienone is 1. The van der Waals surface area contributed by atoms with Crippen LogP contribution < -0.4 is 14.2 Å². The van der Waals surface area contributed by atoms with Crippen LogP contribution in [-0.2, 0) is 18.9 Å². The molecule has 2 aliphatic heterocycles. The second kappa shape index (κ2) is 33.0. The number of hydrogen-bond donors (Lipinski definition) is 7. The number of carbonyl (C=O) groups excluding carboxylic acids is 3. The molecule has 0 aliphatic carbocycles. The lowest BCUT2D eigenvalue weighted by atomic mass is 9.85. The van der Waals surface area contributed by atoms with E-state index in [2.05, 4.69) is 64.7 Å². The van der Waals surface area contributed by atoms with Crippen molar-refractivity contribution in [2.24, 2.45) is 23.7 Å². The van der Waals surface area contributed by atoms with Crippen LogP contribution in [0.2, 0.25) is 0 Å². The zero-order chi connectivity index (χ0) is 60.9. The summed E-state index contributed by atoms with van der Waals surface area (Å²) in [6.07, 6.45) is 9.76. The number of rotatable bonds is 20. The predicted molar refractivity (Wildman–Crippen MR) is 312 cm³/mol. The van der Waals surface area contributed by atoms with Gasteiger partial charge >= 0.3 is 11.9 Å². The molecule has 5 rings (SSSR count). The second-order valence-corrected chi connectivity index (χ2v) is 21.6. The standard InChI is InChI=1S/C30H46O4.C22H30O9.C12H14O4/c1-11-16-32-25-17-23(7)28(24(8)31)26(18-25)21(5)14-15-27-29(34-30(9,10)33-27)22(6)13-12-20(4)19(2)3;1-12-6-7-18(26)21(28)17(25)5-3-4-14-8-16(30-11-15(24)10-23)9-19(27)20(14)22(29)31-13(12)2;1-4-5-16-9-6-8(2)11(10(13)7-9)12(14)15-3/h11-13,17-22,27,29H,1,14-16H2,2-10H3;3-4,6-9,12-13,15,17-18,21,23-28H,5,10-11H2,1-2H3;4,6-7,13H,1,5H2,2-3H3/b13-12-;4-3+,7-6-;/t20-,21?,22-,27+,29?;12-,13+,15?,17+,18+,21+;/m11./s1. The third-order valence-electron chi connectivity index (χ3n) is 14.1. The fourth-order valence-electron chi connectivity index (χ4n) is 8.91. The Morgan fingerprint density at radius 3 is 1.99 bits per heavy atom. The van der Waals surface area contributed by atoms with Crippen molar-refractivity contribution in [2.45, 2.75) is 157 Å². The molecule has 1 fully saturated rings. The summed E-state index contributed by atoms with van der Waals surface area (Å²) in [4.78, 5) is 36.6. The Kier molecular flexibility index (Phi) is 28.1. The maximum absolute atomic E-state index is 12.8. The zero-order valence-corrected chi connectivity index (χ0v) is 49.6. The van der Waals surface area contributed by atoms with Gasteiger partial charge in [-0.05, 0) is 125 Å². The van der Waals surface area contributed by atoms with Crippen LogP contribution in [0.15, 0.2) is 92.1 Å². The molecule has 17 nitrogen and oxygen atoms in total. The van der Waals surface area contributed by atoms with Crippen LogP contribution in [-0.4, -0.2) is 136 Å². The number of carbonyl (C=O) groups is 3. The van der Waals surface area contributed by atoms with E-state index in [4.69, 9.17) is 33.5 Å². The molecule has 0 amide bonds. The SMILES string of the molecule is C=CCOc1cc(C)c(C(=O)OC)c(O)c1.C=CCOc1cc(C)c(C(C)=O)c(C(C)CC[C@@H]2OC(C)(C)OC2[C@H](C)/C=C\[C@@H](C)C(C)C)c1.C[C@@H]1/C=C\[C@H](O)[C@@H](O)[C@@H](O)C/C=C/c2cc(OCC(O)CO)cc(O)c2C(=O)O[C@H]1C. The van der Waals surface area contributed by atoms with Gasteiger partial charge in [0.05, 0.1) is 32.0 Å². The number of ether oxygens (including phenoxy) is 7. The molecule has 0 spiro atoms. The highest BCUT2D eigenvalue weighted by molar-refractivity contribution is 5.98. The summed E-state index contributed by atoms with van der Waals surface area (Å²) in [5, 5.41) is 68.8. The smallest absolute Gasteiger partial charge is 0.342 e. The lowest BCUT2D eigenvalue weighted by Gasteiger charge is -2.24. The fourth-order valence-corrected chi connectivity index (χ4v) is 8.91. The molecule has 448 valence electrons. The number of Topliss-reactive ketones (excluding diaryl/α,β-unsaturated/α-hetero) is 1. The van der Waals surface area contributed by atoms with Crippen LogP contribution in [0.5, 0.6) is 28.7 Å². The van der Waals surface area contributed by atoms with E-state index in [0.717, 1.165) is 35.3 Å². The van der Waals surface area contributed by atoms with Crippen molar-refractivity contribution in [1.82, 2.24) is 0 Å². The Balaban J connectivity index is 0.000000338. The number of hydrogen-bond acceptors (Lipinski definition) is 17. The van der Waals surface area contributed by atoms with Crippen LogP contribution in [0.3, 0.4) is 0 Å². The Morgan fingerprint density at radius 2 is 1.42 bits per heavy atom. The minimum atomic E-state index is -1.42. The van der Waals surface area contributed by atoms with E-state index >= 15 is 0 Å². The van der Waals surface area contributed by atoms with Gasteiger partial charge in [0.25, 0.3) is 0 Å². The number of phenolic OH excluding ortho intramolecular Hbond substituents is 2. The van der Waals surface area contributed by atoms with Crippen molar-refractivity contribution in [2.75, 3.05) is 33.5 Å². The summed E-state index contributed by atoms with van der Waals surface area (Å²) in [7, 11) is 1.27. The van der Waals surface area contributed by atoms with E-state index < -0.39 is 60.6 Å².